The van der Waals surface area contributed by atoms with Crippen molar-refractivity contribution >= 4 is 16.1 Å². The van der Waals surface area contributed by atoms with Gasteiger partial charge in [-0.2, -0.15) is 8.42 Å². The molecule has 5 nitrogen and oxygen atoms in total. The second-order valence-electron chi connectivity index (χ2n) is 4.06. The Kier molecular flexibility index (Phi) is 8.66. The number of carbonyl (C=O) groups excluding carboxylic acids is 1. The number of carbonyl (C=O) groups is 1. The van der Waals surface area contributed by atoms with Crippen LogP contribution in [0.5, 0.6) is 0 Å². The molecule has 0 N–H and O–H groups in total. The fourth-order valence-corrected chi connectivity index (χ4v) is 2.17. The van der Waals surface area contributed by atoms with Crippen LogP contribution in [0.4, 0.5) is 0 Å². The Morgan fingerprint density at radius 2 is 1.83 bits per heavy atom. The van der Waals surface area contributed by atoms with Crippen molar-refractivity contribution in [3.8, 4) is 0 Å². The van der Waals surface area contributed by atoms with Gasteiger partial charge in [-0.15, -0.1) is 0 Å². The Hall–Kier alpha value is -0.880. The van der Waals surface area contributed by atoms with Gasteiger partial charge in [-0.1, -0.05) is 26.3 Å². The maximum atomic E-state index is 11.4. The van der Waals surface area contributed by atoms with Crippen LogP contribution in [0.1, 0.15) is 39.5 Å². The number of hydrogen-bond donors (Lipinski definition) is 0. The Morgan fingerprint density at radius 1 is 1.17 bits per heavy atom. The van der Waals surface area contributed by atoms with Crippen LogP contribution >= 0.6 is 0 Å². The molecule has 0 aliphatic carbocycles. The standard InChI is InChI=1S/C12H22O5S/c1-4-5-6-10-18(14,15)17-9-7-8-16-12(13)11(2)3/h2,4-10H2,1,3H3. The summed E-state index contributed by atoms with van der Waals surface area (Å²) in [7, 11) is -3.43. The van der Waals surface area contributed by atoms with Crippen molar-refractivity contribution in [1.82, 2.24) is 0 Å². The molecule has 0 bridgehead atoms. The number of esters is 1. The van der Waals surface area contributed by atoms with Crippen molar-refractivity contribution in [1.29, 1.82) is 0 Å². The molecule has 0 aromatic heterocycles. The van der Waals surface area contributed by atoms with Crippen LogP contribution in [-0.2, 0) is 23.8 Å². The molecule has 106 valence electrons. The second-order valence-corrected chi connectivity index (χ2v) is 5.82. The topological polar surface area (TPSA) is 69.7 Å². The minimum atomic E-state index is -3.43. The van der Waals surface area contributed by atoms with Crippen molar-refractivity contribution in [2.75, 3.05) is 19.0 Å². The molecule has 0 aliphatic heterocycles. The van der Waals surface area contributed by atoms with Gasteiger partial charge < -0.3 is 4.74 Å². The van der Waals surface area contributed by atoms with Crippen molar-refractivity contribution in [2.24, 2.45) is 0 Å². The molecule has 0 saturated heterocycles. The first kappa shape index (κ1) is 17.1. The van der Waals surface area contributed by atoms with Gasteiger partial charge in [0, 0.05) is 12.0 Å². The molecule has 0 unspecified atom stereocenters. The molecule has 0 radical (unpaired) electrons. The summed E-state index contributed by atoms with van der Waals surface area (Å²) in [6.07, 6.45) is 2.81. The monoisotopic (exact) mass is 278 g/mol. The lowest BCUT2D eigenvalue weighted by Crippen LogP contribution is -2.14. The summed E-state index contributed by atoms with van der Waals surface area (Å²) in [5, 5.41) is 0. The number of hydrogen-bond acceptors (Lipinski definition) is 5. The minimum Gasteiger partial charge on any atom is -0.462 e. The Morgan fingerprint density at radius 3 is 2.39 bits per heavy atom. The van der Waals surface area contributed by atoms with Crippen LogP contribution in [0.3, 0.4) is 0 Å². The van der Waals surface area contributed by atoms with E-state index in [2.05, 4.69) is 6.58 Å². The van der Waals surface area contributed by atoms with Crippen LogP contribution in [0.25, 0.3) is 0 Å². The van der Waals surface area contributed by atoms with Crippen molar-refractivity contribution in [2.45, 2.75) is 39.5 Å². The highest BCUT2D eigenvalue weighted by Crippen LogP contribution is 2.02. The van der Waals surface area contributed by atoms with E-state index < -0.39 is 16.1 Å². The average molecular weight is 278 g/mol. The molecule has 0 fully saturated rings. The van der Waals surface area contributed by atoms with E-state index in [1.165, 1.54) is 0 Å². The van der Waals surface area contributed by atoms with Crippen molar-refractivity contribution in [3.63, 3.8) is 0 Å². The van der Waals surface area contributed by atoms with Gasteiger partial charge in [-0.25, -0.2) is 4.79 Å². The molecule has 18 heavy (non-hydrogen) atoms. The fourth-order valence-electron chi connectivity index (χ4n) is 1.12. The Balaban J connectivity index is 3.65. The molecule has 0 amide bonds. The lowest BCUT2D eigenvalue weighted by Gasteiger charge is -2.06. The maximum Gasteiger partial charge on any atom is 0.333 e. The summed E-state index contributed by atoms with van der Waals surface area (Å²) in [6.45, 7) is 7.16. The van der Waals surface area contributed by atoms with Gasteiger partial charge in [0.05, 0.1) is 19.0 Å². The van der Waals surface area contributed by atoms with E-state index in [0.717, 1.165) is 12.8 Å². The SMILES string of the molecule is C=C(C)C(=O)OCCCOS(=O)(=O)CCCCC. The summed E-state index contributed by atoms with van der Waals surface area (Å²) < 4.78 is 32.3. The van der Waals surface area contributed by atoms with Crippen LogP contribution < -0.4 is 0 Å². The quantitative estimate of drug-likeness (QED) is 0.265. The third kappa shape index (κ3) is 9.18. The molecular weight excluding hydrogens is 256 g/mol. The highest BCUT2D eigenvalue weighted by molar-refractivity contribution is 7.86. The minimum absolute atomic E-state index is 0.0396. The second kappa shape index (κ2) is 9.10. The molecule has 0 rings (SSSR count). The predicted octanol–water partition coefficient (Wildman–Crippen LogP) is 2.03. The van der Waals surface area contributed by atoms with Crippen LogP contribution in [-0.4, -0.2) is 33.4 Å². The molecule has 0 aromatic carbocycles. The van der Waals surface area contributed by atoms with Gasteiger partial charge >= 0.3 is 5.97 Å². The van der Waals surface area contributed by atoms with Gasteiger partial charge in [-0.3, -0.25) is 4.18 Å². The summed E-state index contributed by atoms with van der Waals surface area (Å²) in [5.74, 6) is -0.423. The lowest BCUT2D eigenvalue weighted by molar-refractivity contribution is -0.139. The summed E-state index contributed by atoms with van der Waals surface area (Å²) in [6, 6.07) is 0. The van der Waals surface area contributed by atoms with E-state index in [1.807, 2.05) is 6.92 Å². The smallest absolute Gasteiger partial charge is 0.333 e. The van der Waals surface area contributed by atoms with Crippen LogP contribution in [0.15, 0.2) is 12.2 Å². The lowest BCUT2D eigenvalue weighted by atomic mass is 10.3. The van der Waals surface area contributed by atoms with Crippen molar-refractivity contribution in [3.05, 3.63) is 12.2 Å². The number of ether oxygens (including phenoxy) is 1. The summed E-state index contributed by atoms with van der Waals surface area (Å²) >= 11 is 0. The highest BCUT2D eigenvalue weighted by atomic mass is 32.2. The van der Waals surface area contributed by atoms with Crippen molar-refractivity contribution < 1.29 is 22.1 Å². The Labute approximate surface area is 109 Å². The summed E-state index contributed by atoms with van der Waals surface area (Å²) in [4.78, 5) is 11.0. The largest absolute Gasteiger partial charge is 0.462 e. The van der Waals surface area contributed by atoms with E-state index in [9.17, 15) is 13.2 Å². The first-order valence-electron chi connectivity index (χ1n) is 6.08. The molecule has 0 atom stereocenters. The van der Waals surface area contributed by atoms with E-state index in [-0.39, 0.29) is 19.0 Å². The number of unbranched alkanes of at least 4 members (excludes halogenated alkanes) is 2. The van der Waals surface area contributed by atoms with E-state index in [0.29, 0.717) is 18.4 Å². The molecule has 0 saturated carbocycles. The normalized spacial score (nSPS) is 11.2. The van der Waals surface area contributed by atoms with Gasteiger partial charge in [-0.05, 0) is 13.3 Å². The van der Waals surface area contributed by atoms with Gasteiger partial charge in [0.1, 0.15) is 0 Å². The van der Waals surface area contributed by atoms with Gasteiger partial charge in [0.2, 0.25) is 0 Å². The zero-order valence-corrected chi connectivity index (χ0v) is 11.9. The average Bonchev–Trinajstić information content (AvgIpc) is 2.28. The third-order valence-corrected chi connectivity index (χ3v) is 3.45. The molecule has 0 aromatic rings. The maximum absolute atomic E-state index is 11.4. The van der Waals surface area contributed by atoms with Crippen LogP contribution in [0.2, 0.25) is 0 Å². The third-order valence-electron chi connectivity index (χ3n) is 2.13. The van der Waals surface area contributed by atoms with Gasteiger partial charge in [0.25, 0.3) is 10.1 Å². The van der Waals surface area contributed by atoms with Crippen LogP contribution in [0, 0.1) is 0 Å². The zero-order valence-electron chi connectivity index (χ0n) is 11.1. The first-order valence-corrected chi connectivity index (χ1v) is 7.66. The molecule has 0 spiro atoms. The zero-order chi connectivity index (χ0) is 14.0. The van der Waals surface area contributed by atoms with Gasteiger partial charge in [0.15, 0.2) is 0 Å². The first-order chi connectivity index (χ1) is 8.39. The molecule has 6 heteroatoms. The number of rotatable bonds is 10. The molecule has 0 heterocycles. The molecular formula is C12H22O5S. The Bertz CT molecular complexity index is 359. The van der Waals surface area contributed by atoms with E-state index in [4.69, 9.17) is 8.92 Å². The van der Waals surface area contributed by atoms with E-state index in [1.54, 1.807) is 6.92 Å². The van der Waals surface area contributed by atoms with E-state index >= 15 is 0 Å². The molecule has 0 aliphatic rings. The predicted molar refractivity (Wildman–Crippen MR) is 69.7 cm³/mol. The summed E-state index contributed by atoms with van der Waals surface area (Å²) in [5.41, 5.74) is 0.322. The fraction of sp³-hybridized carbons (Fsp3) is 0.750. The highest BCUT2D eigenvalue weighted by Gasteiger charge is 2.10.